The Morgan fingerprint density at radius 1 is 1.45 bits per heavy atom. The normalized spacial score (nSPS) is 26.8. The van der Waals surface area contributed by atoms with E-state index >= 15 is 0 Å². The van der Waals surface area contributed by atoms with E-state index in [4.69, 9.17) is 16.3 Å². The van der Waals surface area contributed by atoms with E-state index in [9.17, 15) is 4.39 Å². The van der Waals surface area contributed by atoms with E-state index in [2.05, 4.69) is 25.8 Å². The number of nitrogens with zero attached hydrogens (tertiary/aromatic N) is 1. The van der Waals surface area contributed by atoms with Gasteiger partial charge in [-0.15, -0.1) is 11.6 Å². The summed E-state index contributed by atoms with van der Waals surface area (Å²) in [6.07, 6.45) is 4.81. The highest BCUT2D eigenvalue weighted by atomic mass is 35.5. The number of ether oxygens (including phenoxy) is 1. The van der Waals surface area contributed by atoms with Gasteiger partial charge in [-0.05, 0) is 36.7 Å². The highest BCUT2D eigenvalue weighted by Crippen LogP contribution is 2.36. The molecule has 0 spiro atoms. The summed E-state index contributed by atoms with van der Waals surface area (Å²) < 4.78 is 19.3. The van der Waals surface area contributed by atoms with Crippen LogP contribution in [0.25, 0.3) is 0 Å². The standard InChI is InChI=1S/C16H23ClFNO/c1-10(2)14-5-4-11(3)6-15(14)20-16-12(8-17)7-13(18)9-19-16/h7,9-11,14-15H,4-6,8H2,1-3H3. The van der Waals surface area contributed by atoms with Crippen molar-refractivity contribution in [3.8, 4) is 5.88 Å². The molecule has 0 radical (unpaired) electrons. The van der Waals surface area contributed by atoms with Gasteiger partial charge in [-0.25, -0.2) is 9.37 Å². The van der Waals surface area contributed by atoms with Crippen molar-refractivity contribution in [2.75, 3.05) is 0 Å². The maximum Gasteiger partial charge on any atom is 0.218 e. The molecule has 1 saturated carbocycles. The van der Waals surface area contributed by atoms with E-state index < -0.39 is 0 Å². The Labute approximate surface area is 125 Å². The molecule has 0 aliphatic heterocycles. The van der Waals surface area contributed by atoms with E-state index in [0.717, 1.165) is 6.42 Å². The van der Waals surface area contributed by atoms with Crippen LogP contribution in [0.3, 0.4) is 0 Å². The first kappa shape index (κ1) is 15.6. The smallest absolute Gasteiger partial charge is 0.218 e. The van der Waals surface area contributed by atoms with Crippen LogP contribution in [0.15, 0.2) is 12.3 Å². The molecule has 3 unspecified atom stereocenters. The molecule has 20 heavy (non-hydrogen) atoms. The van der Waals surface area contributed by atoms with Gasteiger partial charge in [0, 0.05) is 5.56 Å². The molecule has 1 aromatic heterocycles. The minimum atomic E-state index is -0.370. The van der Waals surface area contributed by atoms with Gasteiger partial charge in [0.2, 0.25) is 5.88 Å². The molecule has 1 heterocycles. The van der Waals surface area contributed by atoms with Crippen LogP contribution < -0.4 is 4.74 Å². The summed E-state index contributed by atoms with van der Waals surface area (Å²) in [6, 6.07) is 1.41. The van der Waals surface area contributed by atoms with Crippen LogP contribution in [0.1, 0.15) is 45.6 Å². The highest BCUT2D eigenvalue weighted by Gasteiger charge is 2.32. The Morgan fingerprint density at radius 2 is 2.20 bits per heavy atom. The van der Waals surface area contributed by atoms with E-state index in [1.807, 2.05) is 0 Å². The van der Waals surface area contributed by atoms with E-state index in [1.165, 1.54) is 25.1 Å². The molecule has 2 nitrogen and oxygen atoms in total. The zero-order valence-corrected chi connectivity index (χ0v) is 13.2. The Kier molecular flexibility index (Phi) is 5.25. The highest BCUT2D eigenvalue weighted by molar-refractivity contribution is 6.17. The van der Waals surface area contributed by atoms with Crippen molar-refractivity contribution in [1.82, 2.24) is 4.98 Å². The Hall–Kier alpha value is -0.830. The monoisotopic (exact) mass is 299 g/mol. The Morgan fingerprint density at radius 3 is 2.85 bits per heavy atom. The first-order valence-corrected chi connectivity index (χ1v) is 7.91. The van der Waals surface area contributed by atoms with Gasteiger partial charge in [0.15, 0.2) is 0 Å². The van der Waals surface area contributed by atoms with Crippen LogP contribution >= 0.6 is 11.6 Å². The van der Waals surface area contributed by atoms with Crippen LogP contribution in [0.2, 0.25) is 0 Å². The molecule has 2 rings (SSSR count). The number of aromatic nitrogens is 1. The molecule has 0 saturated heterocycles. The lowest BCUT2D eigenvalue weighted by molar-refractivity contribution is 0.0419. The summed E-state index contributed by atoms with van der Waals surface area (Å²) in [4.78, 5) is 4.08. The maximum absolute atomic E-state index is 13.2. The lowest BCUT2D eigenvalue weighted by atomic mass is 9.75. The fraction of sp³-hybridized carbons (Fsp3) is 0.688. The van der Waals surface area contributed by atoms with Crippen LogP contribution in [-0.4, -0.2) is 11.1 Å². The predicted molar refractivity (Wildman–Crippen MR) is 79.5 cm³/mol. The third-order valence-corrected chi connectivity index (χ3v) is 4.55. The zero-order valence-electron chi connectivity index (χ0n) is 12.4. The summed E-state index contributed by atoms with van der Waals surface area (Å²) in [7, 11) is 0. The number of rotatable bonds is 4. The lowest BCUT2D eigenvalue weighted by Crippen LogP contribution is -2.36. The quantitative estimate of drug-likeness (QED) is 0.745. The summed E-state index contributed by atoms with van der Waals surface area (Å²) in [5.41, 5.74) is 0.632. The van der Waals surface area contributed by atoms with E-state index in [0.29, 0.717) is 29.2 Å². The number of alkyl halides is 1. The van der Waals surface area contributed by atoms with Crippen molar-refractivity contribution in [1.29, 1.82) is 0 Å². The number of halogens is 2. The van der Waals surface area contributed by atoms with Crippen molar-refractivity contribution in [2.45, 2.75) is 52.0 Å². The molecule has 1 aliphatic carbocycles. The summed E-state index contributed by atoms with van der Waals surface area (Å²) >= 11 is 5.86. The molecule has 3 atom stereocenters. The van der Waals surface area contributed by atoms with Crippen molar-refractivity contribution in [2.24, 2.45) is 17.8 Å². The molecular weight excluding hydrogens is 277 g/mol. The maximum atomic E-state index is 13.2. The Balaban J connectivity index is 2.17. The van der Waals surface area contributed by atoms with Crippen LogP contribution in [0.4, 0.5) is 4.39 Å². The zero-order chi connectivity index (χ0) is 14.7. The van der Waals surface area contributed by atoms with Gasteiger partial charge < -0.3 is 4.74 Å². The van der Waals surface area contributed by atoms with Gasteiger partial charge in [0.05, 0.1) is 12.1 Å². The molecule has 1 aliphatic rings. The number of hydrogen-bond acceptors (Lipinski definition) is 2. The lowest BCUT2D eigenvalue weighted by Gasteiger charge is -2.37. The molecule has 4 heteroatoms. The second-order valence-electron chi connectivity index (χ2n) is 6.23. The van der Waals surface area contributed by atoms with E-state index in [-0.39, 0.29) is 17.8 Å². The molecule has 0 N–H and O–H groups in total. The minimum absolute atomic E-state index is 0.152. The molecule has 1 fully saturated rings. The fourth-order valence-corrected chi connectivity index (χ4v) is 3.26. The van der Waals surface area contributed by atoms with Crippen LogP contribution in [0, 0.1) is 23.6 Å². The first-order valence-electron chi connectivity index (χ1n) is 7.38. The van der Waals surface area contributed by atoms with Gasteiger partial charge in [-0.2, -0.15) is 0 Å². The van der Waals surface area contributed by atoms with Gasteiger partial charge in [-0.3, -0.25) is 0 Å². The average molecular weight is 300 g/mol. The molecule has 0 bridgehead atoms. The van der Waals surface area contributed by atoms with Crippen molar-refractivity contribution in [3.63, 3.8) is 0 Å². The summed E-state index contributed by atoms with van der Waals surface area (Å²) in [5.74, 6) is 2.11. The SMILES string of the molecule is CC1CCC(C(C)C)C(Oc2ncc(F)cc2CCl)C1. The first-order chi connectivity index (χ1) is 9.51. The molecule has 0 amide bonds. The Bertz CT molecular complexity index is 452. The average Bonchev–Trinajstić information content (AvgIpc) is 2.40. The second kappa shape index (κ2) is 6.75. The predicted octanol–water partition coefficient (Wildman–Crippen LogP) is 4.80. The second-order valence-corrected chi connectivity index (χ2v) is 6.50. The van der Waals surface area contributed by atoms with Crippen molar-refractivity contribution >= 4 is 11.6 Å². The largest absolute Gasteiger partial charge is 0.474 e. The summed E-state index contributed by atoms with van der Waals surface area (Å²) in [6.45, 7) is 6.72. The topological polar surface area (TPSA) is 22.1 Å². The van der Waals surface area contributed by atoms with E-state index in [1.54, 1.807) is 0 Å². The molecular formula is C16H23ClFNO. The van der Waals surface area contributed by atoms with Crippen molar-refractivity contribution in [3.05, 3.63) is 23.6 Å². The fourth-order valence-electron chi connectivity index (χ4n) is 3.06. The van der Waals surface area contributed by atoms with Gasteiger partial charge in [-0.1, -0.05) is 27.2 Å². The van der Waals surface area contributed by atoms with Gasteiger partial charge in [0.25, 0.3) is 0 Å². The van der Waals surface area contributed by atoms with Crippen LogP contribution in [-0.2, 0) is 5.88 Å². The third kappa shape index (κ3) is 3.63. The molecule has 112 valence electrons. The van der Waals surface area contributed by atoms with Gasteiger partial charge in [0.1, 0.15) is 11.9 Å². The molecule has 0 aromatic carbocycles. The third-order valence-electron chi connectivity index (χ3n) is 4.26. The number of hydrogen-bond donors (Lipinski definition) is 0. The van der Waals surface area contributed by atoms with Crippen LogP contribution in [0.5, 0.6) is 5.88 Å². The van der Waals surface area contributed by atoms with Gasteiger partial charge >= 0.3 is 0 Å². The van der Waals surface area contributed by atoms with Crippen molar-refractivity contribution < 1.29 is 9.13 Å². The summed E-state index contributed by atoms with van der Waals surface area (Å²) in [5, 5.41) is 0. The minimum Gasteiger partial charge on any atom is -0.474 e. The number of pyridine rings is 1. The molecule has 1 aromatic rings.